The standard InChI is InChI=1S/C14H13NO3/c1-18-14(17)12-7-3-2-6-11(12)10-15-9-5-4-8-13(15)16/h2-9H,10H2,1H3. The number of carbonyl (C=O) groups excluding carboxylic acids is 1. The second kappa shape index (κ2) is 5.31. The number of pyridine rings is 1. The third-order valence-corrected chi connectivity index (χ3v) is 2.66. The molecule has 92 valence electrons. The molecular formula is C14H13NO3. The summed E-state index contributed by atoms with van der Waals surface area (Å²) in [6.45, 7) is 0.352. The molecule has 0 radical (unpaired) electrons. The average Bonchev–Trinajstić information content (AvgIpc) is 2.41. The molecule has 1 heterocycles. The fourth-order valence-corrected chi connectivity index (χ4v) is 1.74. The van der Waals surface area contributed by atoms with E-state index in [1.807, 2.05) is 12.1 Å². The monoisotopic (exact) mass is 243 g/mol. The predicted molar refractivity (Wildman–Crippen MR) is 67.6 cm³/mol. The Balaban J connectivity index is 2.38. The van der Waals surface area contributed by atoms with E-state index in [1.54, 1.807) is 35.0 Å². The van der Waals surface area contributed by atoms with Crippen LogP contribution in [0.15, 0.2) is 53.5 Å². The van der Waals surface area contributed by atoms with Gasteiger partial charge in [-0.3, -0.25) is 4.79 Å². The van der Waals surface area contributed by atoms with Gasteiger partial charge in [-0.2, -0.15) is 0 Å². The van der Waals surface area contributed by atoms with Gasteiger partial charge in [-0.05, 0) is 17.7 Å². The maximum absolute atomic E-state index is 11.6. The Labute approximate surface area is 104 Å². The molecule has 0 fully saturated rings. The number of benzene rings is 1. The van der Waals surface area contributed by atoms with E-state index in [0.717, 1.165) is 5.56 Å². The molecule has 1 aromatic heterocycles. The van der Waals surface area contributed by atoms with Crippen LogP contribution >= 0.6 is 0 Å². The Morgan fingerprint density at radius 2 is 1.89 bits per heavy atom. The molecule has 0 spiro atoms. The highest BCUT2D eigenvalue weighted by molar-refractivity contribution is 5.90. The highest BCUT2D eigenvalue weighted by Crippen LogP contribution is 2.11. The van der Waals surface area contributed by atoms with Crippen molar-refractivity contribution < 1.29 is 9.53 Å². The molecule has 0 unspecified atom stereocenters. The van der Waals surface area contributed by atoms with Crippen molar-refractivity contribution in [3.05, 3.63) is 70.1 Å². The zero-order chi connectivity index (χ0) is 13.0. The highest BCUT2D eigenvalue weighted by Gasteiger charge is 2.11. The van der Waals surface area contributed by atoms with Crippen LogP contribution in [0.4, 0.5) is 0 Å². The van der Waals surface area contributed by atoms with E-state index in [2.05, 4.69) is 0 Å². The molecule has 0 atom stereocenters. The summed E-state index contributed by atoms with van der Waals surface area (Å²) in [6.07, 6.45) is 1.69. The van der Waals surface area contributed by atoms with Gasteiger partial charge in [0.05, 0.1) is 19.2 Å². The van der Waals surface area contributed by atoms with Crippen LogP contribution in [0, 0.1) is 0 Å². The van der Waals surface area contributed by atoms with Gasteiger partial charge in [0.1, 0.15) is 0 Å². The number of aromatic nitrogens is 1. The number of hydrogen-bond acceptors (Lipinski definition) is 3. The van der Waals surface area contributed by atoms with E-state index in [1.165, 1.54) is 13.2 Å². The SMILES string of the molecule is COC(=O)c1ccccc1Cn1ccccc1=O. The lowest BCUT2D eigenvalue weighted by atomic mass is 10.1. The van der Waals surface area contributed by atoms with E-state index in [9.17, 15) is 9.59 Å². The van der Waals surface area contributed by atoms with Crippen molar-refractivity contribution in [1.29, 1.82) is 0 Å². The second-order valence-electron chi connectivity index (χ2n) is 3.82. The summed E-state index contributed by atoms with van der Waals surface area (Å²) in [7, 11) is 1.34. The molecule has 0 saturated carbocycles. The Morgan fingerprint density at radius 1 is 1.17 bits per heavy atom. The predicted octanol–water partition coefficient (Wildman–Crippen LogP) is 1.68. The van der Waals surface area contributed by atoms with E-state index in [4.69, 9.17) is 4.74 Å². The summed E-state index contributed by atoms with van der Waals surface area (Å²) in [5.74, 6) is -0.394. The van der Waals surface area contributed by atoms with Gasteiger partial charge >= 0.3 is 5.97 Å². The van der Waals surface area contributed by atoms with Crippen molar-refractivity contribution in [1.82, 2.24) is 4.57 Å². The van der Waals surface area contributed by atoms with E-state index < -0.39 is 5.97 Å². The first-order chi connectivity index (χ1) is 8.72. The lowest BCUT2D eigenvalue weighted by Crippen LogP contribution is -2.19. The molecule has 0 aliphatic rings. The molecule has 4 heteroatoms. The fourth-order valence-electron chi connectivity index (χ4n) is 1.74. The van der Waals surface area contributed by atoms with Crippen molar-refractivity contribution >= 4 is 5.97 Å². The zero-order valence-electron chi connectivity index (χ0n) is 10.00. The van der Waals surface area contributed by atoms with E-state index >= 15 is 0 Å². The zero-order valence-corrected chi connectivity index (χ0v) is 10.00. The molecule has 0 amide bonds. The number of hydrogen-bond donors (Lipinski definition) is 0. The van der Waals surface area contributed by atoms with Crippen LogP contribution in [0.25, 0.3) is 0 Å². The summed E-state index contributed by atoms with van der Waals surface area (Å²) >= 11 is 0. The third kappa shape index (κ3) is 2.48. The maximum Gasteiger partial charge on any atom is 0.338 e. The van der Waals surface area contributed by atoms with Gasteiger partial charge < -0.3 is 9.30 Å². The minimum absolute atomic E-state index is 0.0998. The summed E-state index contributed by atoms with van der Waals surface area (Å²) in [5.41, 5.74) is 1.14. The van der Waals surface area contributed by atoms with Gasteiger partial charge in [-0.1, -0.05) is 24.3 Å². The Morgan fingerprint density at radius 3 is 2.61 bits per heavy atom. The molecule has 1 aromatic carbocycles. The average molecular weight is 243 g/mol. The molecule has 2 aromatic rings. The number of rotatable bonds is 3. The van der Waals surface area contributed by atoms with Crippen LogP contribution in [0.2, 0.25) is 0 Å². The van der Waals surface area contributed by atoms with Gasteiger partial charge in [0, 0.05) is 12.3 Å². The smallest absolute Gasteiger partial charge is 0.338 e. The van der Waals surface area contributed by atoms with Gasteiger partial charge in [-0.15, -0.1) is 0 Å². The number of methoxy groups -OCH3 is 1. The topological polar surface area (TPSA) is 48.3 Å². The minimum Gasteiger partial charge on any atom is -0.465 e. The number of esters is 1. The molecule has 4 nitrogen and oxygen atoms in total. The quantitative estimate of drug-likeness (QED) is 0.771. The molecule has 0 N–H and O–H groups in total. The fraction of sp³-hybridized carbons (Fsp3) is 0.143. The highest BCUT2D eigenvalue weighted by atomic mass is 16.5. The Kier molecular flexibility index (Phi) is 3.57. The maximum atomic E-state index is 11.6. The molecule has 0 aliphatic carbocycles. The van der Waals surface area contributed by atoms with Crippen LogP contribution < -0.4 is 5.56 Å². The van der Waals surface area contributed by atoms with E-state index in [0.29, 0.717) is 12.1 Å². The van der Waals surface area contributed by atoms with Gasteiger partial charge in [0.15, 0.2) is 0 Å². The van der Waals surface area contributed by atoms with Crippen LogP contribution in [-0.2, 0) is 11.3 Å². The Bertz CT molecular complexity index is 616. The van der Waals surface area contributed by atoms with Crippen molar-refractivity contribution in [3.8, 4) is 0 Å². The summed E-state index contributed by atoms with van der Waals surface area (Å²) in [5, 5.41) is 0. The first kappa shape index (κ1) is 12.1. The van der Waals surface area contributed by atoms with Crippen molar-refractivity contribution in [3.63, 3.8) is 0 Å². The van der Waals surface area contributed by atoms with Crippen LogP contribution in [0.3, 0.4) is 0 Å². The van der Waals surface area contributed by atoms with Crippen molar-refractivity contribution in [2.45, 2.75) is 6.54 Å². The third-order valence-electron chi connectivity index (χ3n) is 2.66. The summed E-state index contributed by atoms with van der Waals surface area (Å²) < 4.78 is 6.26. The van der Waals surface area contributed by atoms with Crippen LogP contribution in [0.1, 0.15) is 15.9 Å². The van der Waals surface area contributed by atoms with E-state index in [-0.39, 0.29) is 5.56 Å². The lowest BCUT2D eigenvalue weighted by molar-refractivity contribution is 0.0599. The van der Waals surface area contributed by atoms with Crippen molar-refractivity contribution in [2.24, 2.45) is 0 Å². The molecule has 0 aliphatic heterocycles. The largest absolute Gasteiger partial charge is 0.465 e. The molecule has 18 heavy (non-hydrogen) atoms. The molecule has 0 saturated heterocycles. The number of ether oxygens (including phenoxy) is 1. The first-order valence-electron chi connectivity index (χ1n) is 5.54. The second-order valence-corrected chi connectivity index (χ2v) is 3.82. The molecule has 0 bridgehead atoms. The normalized spacial score (nSPS) is 10.1. The van der Waals surface area contributed by atoms with Crippen molar-refractivity contribution in [2.75, 3.05) is 7.11 Å². The molecular weight excluding hydrogens is 230 g/mol. The van der Waals surface area contributed by atoms with Gasteiger partial charge in [-0.25, -0.2) is 4.79 Å². The van der Waals surface area contributed by atoms with Crippen LogP contribution in [-0.4, -0.2) is 17.6 Å². The number of carbonyl (C=O) groups is 1. The molecule has 2 rings (SSSR count). The lowest BCUT2D eigenvalue weighted by Gasteiger charge is -2.09. The summed E-state index contributed by atoms with van der Waals surface area (Å²) in [4.78, 5) is 23.2. The summed E-state index contributed by atoms with van der Waals surface area (Å²) in [6, 6.07) is 12.0. The minimum atomic E-state index is -0.394. The van der Waals surface area contributed by atoms with Gasteiger partial charge in [0.25, 0.3) is 5.56 Å². The number of nitrogens with zero attached hydrogens (tertiary/aromatic N) is 1. The van der Waals surface area contributed by atoms with Gasteiger partial charge in [0.2, 0.25) is 0 Å². The Hall–Kier alpha value is -2.36. The van der Waals surface area contributed by atoms with Crippen LogP contribution in [0.5, 0.6) is 0 Å². The first-order valence-corrected chi connectivity index (χ1v) is 5.54.